The van der Waals surface area contributed by atoms with Crippen molar-refractivity contribution in [3.8, 4) is 0 Å². The van der Waals surface area contributed by atoms with E-state index in [1.54, 1.807) is 7.05 Å². The van der Waals surface area contributed by atoms with Crippen LogP contribution in [-0.4, -0.2) is 44.9 Å². The summed E-state index contributed by atoms with van der Waals surface area (Å²) in [4.78, 5) is 32.2. The minimum Gasteiger partial charge on any atom is -0.469 e. The van der Waals surface area contributed by atoms with Crippen LogP contribution in [0.4, 0.5) is 0 Å². The maximum atomic E-state index is 11.0. The molecule has 0 aromatic rings. The number of likely N-dealkylation sites (N-methyl/N-ethyl adjacent to an activating group) is 1. The Bertz CT molecular complexity index is 217. The number of carbonyl (C=O) groups is 3. The fourth-order valence-electron chi connectivity index (χ4n) is 0.814. The Morgan fingerprint density at radius 2 is 2.14 bits per heavy atom. The van der Waals surface area contributed by atoms with Gasteiger partial charge in [0.05, 0.1) is 26.1 Å². The minimum absolute atomic E-state index is 0.103. The molecule has 0 aliphatic rings. The zero-order chi connectivity index (χ0) is 11.0. The van der Waals surface area contributed by atoms with Gasteiger partial charge in [-0.05, 0) is 7.05 Å². The van der Waals surface area contributed by atoms with Gasteiger partial charge in [-0.3, -0.25) is 9.59 Å². The number of hydrogen-bond donors (Lipinski definition) is 2. The molecule has 0 saturated carbocycles. The Morgan fingerprint density at radius 3 is 2.57 bits per heavy atom. The highest BCUT2D eigenvalue weighted by Gasteiger charge is 2.15. The highest BCUT2D eigenvalue weighted by Crippen LogP contribution is 1.90. The zero-order valence-electron chi connectivity index (χ0n) is 8.20. The molecule has 0 heterocycles. The topological polar surface area (TPSA) is 84.5 Å². The first-order chi connectivity index (χ1) is 6.63. The van der Waals surface area contributed by atoms with Crippen molar-refractivity contribution in [2.45, 2.75) is 12.5 Å². The molecule has 1 atom stereocenters. The third-order valence-electron chi connectivity index (χ3n) is 1.46. The summed E-state index contributed by atoms with van der Waals surface area (Å²) in [6.07, 6.45) is 0.361. The number of aldehydes is 1. The molecule has 0 aromatic carbocycles. The second-order valence-electron chi connectivity index (χ2n) is 2.62. The smallest absolute Gasteiger partial charge is 0.308 e. The fourth-order valence-corrected chi connectivity index (χ4v) is 0.814. The second-order valence-corrected chi connectivity index (χ2v) is 2.62. The summed E-state index contributed by atoms with van der Waals surface area (Å²) in [5.74, 6) is -0.875. The Balaban J connectivity index is 3.96. The minimum atomic E-state index is -0.816. The van der Waals surface area contributed by atoms with Gasteiger partial charge in [-0.1, -0.05) is 0 Å². The van der Waals surface area contributed by atoms with Gasteiger partial charge < -0.3 is 20.2 Å². The summed E-state index contributed by atoms with van der Waals surface area (Å²) >= 11 is 0. The largest absolute Gasteiger partial charge is 0.469 e. The Labute approximate surface area is 82.0 Å². The van der Waals surface area contributed by atoms with Crippen LogP contribution in [0.5, 0.6) is 0 Å². The van der Waals surface area contributed by atoms with E-state index in [1.165, 1.54) is 7.11 Å². The van der Waals surface area contributed by atoms with Gasteiger partial charge in [-0.15, -0.1) is 0 Å². The molecule has 0 aliphatic carbocycles. The molecule has 1 unspecified atom stereocenters. The molecule has 6 nitrogen and oxygen atoms in total. The van der Waals surface area contributed by atoms with Crippen LogP contribution in [0.3, 0.4) is 0 Å². The highest BCUT2D eigenvalue weighted by molar-refractivity contribution is 5.83. The molecule has 0 bridgehead atoms. The predicted octanol–water partition coefficient (Wildman–Crippen LogP) is -1.55. The van der Waals surface area contributed by atoms with E-state index in [1.807, 2.05) is 0 Å². The number of esters is 1. The van der Waals surface area contributed by atoms with Gasteiger partial charge in [-0.2, -0.15) is 0 Å². The van der Waals surface area contributed by atoms with E-state index in [0.717, 1.165) is 0 Å². The summed E-state index contributed by atoms with van der Waals surface area (Å²) in [6, 6.07) is -0.816. The lowest BCUT2D eigenvalue weighted by atomic mass is 10.2. The van der Waals surface area contributed by atoms with Crippen LogP contribution in [0.25, 0.3) is 0 Å². The van der Waals surface area contributed by atoms with Gasteiger partial charge in [-0.25, -0.2) is 0 Å². The normalized spacial score (nSPS) is 11.6. The maximum absolute atomic E-state index is 11.0. The van der Waals surface area contributed by atoms with Crippen molar-refractivity contribution in [2.24, 2.45) is 0 Å². The van der Waals surface area contributed by atoms with Gasteiger partial charge in [0.15, 0.2) is 0 Å². The third kappa shape index (κ3) is 5.26. The summed E-state index contributed by atoms with van der Waals surface area (Å²) in [5.41, 5.74) is 0. The van der Waals surface area contributed by atoms with Crippen LogP contribution in [0.15, 0.2) is 0 Å². The number of amides is 1. The molecule has 0 spiro atoms. The van der Waals surface area contributed by atoms with Crippen molar-refractivity contribution in [1.29, 1.82) is 0 Å². The van der Waals surface area contributed by atoms with Crippen LogP contribution in [0.1, 0.15) is 6.42 Å². The van der Waals surface area contributed by atoms with Gasteiger partial charge in [0, 0.05) is 0 Å². The lowest BCUT2D eigenvalue weighted by molar-refractivity contribution is -0.142. The monoisotopic (exact) mass is 202 g/mol. The SMILES string of the molecule is CNCC(=O)NC(C=O)CC(=O)OC. The van der Waals surface area contributed by atoms with E-state index in [9.17, 15) is 14.4 Å². The Morgan fingerprint density at radius 1 is 1.50 bits per heavy atom. The van der Waals surface area contributed by atoms with Crippen LogP contribution in [-0.2, 0) is 19.1 Å². The zero-order valence-corrected chi connectivity index (χ0v) is 8.20. The van der Waals surface area contributed by atoms with Gasteiger partial charge >= 0.3 is 5.97 Å². The average Bonchev–Trinajstić information content (AvgIpc) is 2.16. The molecule has 0 fully saturated rings. The van der Waals surface area contributed by atoms with Crippen molar-refractivity contribution < 1.29 is 19.1 Å². The first kappa shape index (κ1) is 12.6. The van der Waals surface area contributed by atoms with Crippen molar-refractivity contribution >= 4 is 18.2 Å². The molecular weight excluding hydrogens is 188 g/mol. The summed E-state index contributed by atoms with van der Waals surface area (Å²) < 4.78 is 4.36. The van der Waals surface area contributed by atoms with E-state index < -0.39 is 12.0 Å². The van der Waals surface area contributed by atoms with Gasteiger partial charge in [0.1, 0.15) is 6.29 Å². The molecule has 80 valence electrons. The van der Waals surface area contributed by atoms with E-state index >= 15 is 0 Å². The molecule has 1 amide bonds. The molecule has 0 aliphatic heterocycles. The van der Waals surface area contributed by atoms with Crippen molar-refractivity contribution in [3.05, 3.63) is 0 Å². The molecule has 0 aromatic heterocycles. The van der Waals surface area contributed by atoms with E-state index in [2.05, 4.69) is 15.4 Å². The molecule has 6 heteroatoms. The third-order valence-corrected chi connectivity index (χ3v) is 1.46. The number of carbonyl (C=O) groups excluding carboxylic acids is 3. The quantitative estimate of drug-likeness (QED) is 0.402. The molecule has 0 rings (SSSR count). The lowest BCUT2D eigenvalue weighted by Gasteiger charge is -2.10. The molecular formula is C8H14N2O4. The summed E-state index contributed by atoms with van der Waals surface area (Å²) in [7, 11) is 2.83. The maximum Gasteiger partial charge on any atom is 0.308 e. The Hall–Kier alpha value is -1.43. The number of hydrogen-bond acceptors (Lipinski definition) is 5. The molecule has 0 saturated heterocycles. The number of ether oxygens (including phenoxy) is 1. The first-order valence-electron chi connectivity index (χ1n) is 4.10. The van der Waals surface area contributed by atoms with Crippen molar-refractivity contribution in [1.82, 2.24) is 10.6 Å². The molecule has 2 N–H and O–H groups in total. The van der Waals surface area contributed by atoms with Crippen molar-refractivity contribution in [3.63, 3.8) is 0 Å². The number of methoxy groups -OCH3 is 1. The van der Waals surface area contributed by atoms with Crippen LogP contribution < -0.4 is 10.6 Å². The van der Waals surface area contributed by atoms with E-state index in [-0.39, 0.29) is 18.9 Å². The predicted molar refractivity (Wildman–Crippen MR) is 48.6 cm³/mol. The highest BCUT2D eigenvalue weighted by atomic mass is 16.5. The van der Waals surface area contributed by atoms with Crippen LogP contribution in [0, 0.1) is 0 Å². The van der Waals surface area contributed by atoms with E-state index in [4.69, 9.17) is 0 Å². The number of rotatable bonds is 6. The standard InChI is InChI=1S/C8H14N2O4/c1-9-4-7(12)10-6(5-11)3-8(13)14-2/h5-6,9H,3-4H2,1-2H3,(H,10,12). The fraction of sp³-hybridized carbons (Fsp3) is 0.625. The summed E-state index contributed by atoms with van der Waals surface area (Å²) in [6.45, 7) is 0.103. The van der Waals surface area contributed by atoms with Crippen LogP contribution in [0.2, 0.25) is 0 Å². The molecule has 14 heavy (non-hydrogen) atoms. The second kappa shape index (κ2) is 7.02. The van der Waals surface area contributed by atoms with Crippen molar-refractivity contribution in [2.75, 3.05) is 20.7 Å². The first-order valence-corrected chi connectivity index (χ1v) is 4.10. The number of nitrogens with one attached hydrogen (secondary N) is 2. The van der Waals surface area contributed by atoms with Gasteiger partial charge in [0.25, 0.3) is 0 Å². The Kier molecular flexibility index (Phi) is 6.30. The lowest BCUT2D eigenvalue weighted by Crippen LogP contribution is -2.41. The van der Waals surface area contributed by atoms with Crippen LogP contribution >= 0.6 is 0 Å². The average molecular weight is 202 g/mol. The molecule has 0 radical (unpaired) electrons. The van der Waals surface area contributed by atoms with E-state index in [0.29, 0.717) is 6.29 Å². The summed E-state index contributed by atoms with van der Waals surface area (Å²) in [5, 5.41) is 4.98. The van der Waals surface area contributed by atoms with Gasteiger partial charge in [0.2, 0.25) is 5.91 Å².